The van der Waals surface area contributed by atoms with E-state index in [9.17, 15) is 4.79 Å². The lowest BCUT2D eigenvalue weighted by Crippen LogP contribution is -2.22. The Labute approximate surface area is 181 Å². The topological polar surface area (TPSA) is 121 Å². The number of amidine groups is 2. The van der Waals surface area contributed by atoms with E-state index in [2.05, 4.69) is 31.3 Å². The van der Waals surface area contributed by atoms with E-state index in [1.807, 2.05) is 48.5 Å². The number of hydrogen-bond acceptors (Lipinski definition) is 5. The quantitative estimate of drug-likeness (QED) is 0.583. The highest BCUT2D eigenvalue weighted by Crippen LogP contribution is 2.15. The van der Waals surface area contributed by atoms with Gasteiger partial charge < -0.3 is 26.7 Å². The molecule has 0 saturated heterocycles. The zero-order chi connectivity index (χ0) is 17.8. The monoisotopic (exact) mass is 438 g/mol. The molecule has 4 rings (SSSR count). The first kappa shape index (κ1) is 24.2. The highest BCUT2D eigenvalue weighted by atomic mass is 35.5. The van der Waals surface area contributed by atoms with Crippen LogP contribution in [0.4, 0.5) is 16.2 Å². The summed E-state index contributed by atoms with van der Waals surface area (Å²) in [5.74, 6) is 1.73. The van der Waals surface area contributed by atoms with Gasteiger partial charge in [-0.2, -0.15) is 0 Å². The molecule has 0 fully saturated rings. The summed E-state index contributed by atoms with van der Waals surface area (Å²) in [6.45, 7) is 3.27. The molecule has 0 aliphatic carbocycles. The number of nitrogens with one attached hydrogen (secondary N) is 4. The molecule has 0 saturated carbocycles. The van der Waals surface area contributed by atoms with E-state index in [-0.39, 0.29) is 36.3 Å². The lowest BCUT2D eigenvalue weighted by atomic mass is 10.2. The van der Waals surface area contributed by atoms with Gasteiger partial charge >= 0.3 is 6.03 Å². The summed E-state index contributed by atoms with van der Waals surface area (Å²) in [4.78, 5) is 21.1. The van der Waals surface area contributed by atoms with E-state index in [4.69, 9.17) is 0 Å². The van der Waals surface area contributed by atoms with Crippen LogP contribution in [0.5, 0.6) is 0 Å². The van der Waals surface area contributed by atoms with Crippen molar-refractivity contribution in [3.05, 3.63) is 59.7 Å². The van der Waals surface area contributed by atoms with Gasteiger partial charge in [0, 0.05) is 35.6 Å². The Hall–Kier alpha value is -2.81. The molecule has 8 nitrogen and oxygen atoms in total. The summed E-state index contributed by atoms with van der Waals surface area (Å²) < 4.78 is 0. The maximum absolute atomic E-state index is 12.3. The number of benzene rings is 2. The first-order valence-electron chi connectivity index (χ1n) is 8.63. The number of aliphatic imine (C=N–C) groups is 2. The molecule has 10 heteroatoms. The number of halogens is 2. The van der Waals surface area contributed by atoms with Crippen molar-refractivity contribution in [2.24, 2.45) is 9.98 Å². The fourth-order valence-corrected chi connectivity index (χ4v) is 2.96. The second-order valence-electron chi connectivity index (χ2n) is 6.05. The average Bonchev–Trinajstić information content (AvgIpc) is 3.36. The summed E-state index contributed by atoms with van der Waals surface area (Å²) in [6.07, 6.45) is 0. The van der Waals surface area contributed by atoms with Crippen LogP contribution in [0.3, 0.4) is 0 Å². The number of hydrogen-bond donors (Lipinski definition) is 4. The van der Waals surface area contributed by atoms with E-state index in [1.54, 1.807) is 0 Å². The van der Waals surface area contributed by atoms with Crippen LogP contribution >= 0.6 is 24.8 Å². The van der Waals surface area contributed by atoms with Crippen molar-refractivity contribution in [1.82, 2.24) is 10.6 Å². The Morgan fingerprint density at radius 1 is 0.793 bits per heavy atom. The lowest BCUT2D eigenvalue weighted by Gasteiger charge is -2.10. The van der Waals surface area contributed by atoms with Crippen molar-refractivity contribution in [3.63, 3.8) is 0 Å². The lowest BCUT2D eigenvalue weighted by molar-refractivity contribution is 0.262. The van der Waals surface area contributed by atoms with Crippen LogP contribution in [-0.2, 0) is 0 Å². The summed E-state index contributed by atoms with van der Waals surface area (Å²) >= 11 is 0. The second kappa shape index (κ2) is 11.3. The molecule has 0 atom stereocenters. The van der Waals surface area contributed by atoms with E-state index in [0.29, 0.717) is 0 Å². The van der Waals surface area contributed by atoms with E-state index < -0.39 is 0 Å². The van der Waals surface area contributed by atoms with Gasteiger partial charge in [0.1, 0.15) is 11.7 Å². The van der Waals surface area contributed by atoms with Gasteiger partial charge in [-0.15, -0.1) is 24.8 Å². The number of carbonyl (C=O) groups is 1. The number of rotatable bonds is 4. The standard InChI is InChI=1S/C19H20N6O.2ClH.H2O/c26-19(24-15-5-1-3-13(11-15)17-20-7-8-21-17)25-16-6-2-4-14(12-16)18-22-9-10-23-18;;;/h1-6,11-12H,7-10H2,(H,20,21)(H,22,23)(H2,24,25,26);2*1H;1H2. The molecule has 2 amide bonds. The molecule has 2 aliphatic heterocycles. The maximum Gasteiger partial charge on any atom is 0.323 e. The maximum atomic E-state index is 12.3. The molecule has 2 aliphatic rings. The van der Waals surface area contributed by atoms with Gasteiger partial charge in [-0.25, -0.2) is 4.79 Å². The zero-order valence-corrected chi connectivity index (χ0v) is 17.2. The number of nitrogens with zero attached hydrogens (tertiary/aromatic N) is 2. The van der Waals surface area contributed by atoms with E-state index in [0.717, 1.165) is 60.4 Å². The minimum Gasteiger partial charge on any atom is -0.412 e. The number of amides is 2. The third kappa shape index (κ3) is 6.08. The Morgan fingerprint density at radius 3 is 1.62 bits per heavy atom. The van der Waals surface area contributed by atoms with Crippen molar-refractivity contribution >= 4 is 53.9 Å². The molecular formula is C19H24Cl2N6O2. The van der Waals surface area contributed by atoms with E-state index in [1.165, 1.54) is 0 Å². The average molecular weight is 439 g/mol. The van der Waals surface area contributed by atoms with Crippen LogP contribution in [0.1, 0.15) is 11.1 Å². The van der Waals surface area contributed by atoms with Gasteiger partial charge in [-0.05, 0) is 24.3 Å². The summed E-state index contributed by atoms with van der Waals surface area (Å²) in [6, 6.07) is 15.0. The van der Waals surface area contributed by atoms with Crippen LogP contribution in [-0.4, -0.2) is 49.4 Å². The zero-order valence-electron chi connectivity index (χ0n) is 15.6. The van der Waals surface area contributed by atoms with Gasteiger partial charge in [-0.1, -0.05) is 24.3 Å². The molecule has 0 radical (unpaired) electrons. The predicted octanol–water partition coefficient (Wildman–Crippen LogP) is 2.05. The van der Waals surface area contributed by atoms with Crippen LogP contribution in [0.15, 0.2) is 58.5 Å². The van der Waals surface area contributed by atoms with Gasteiger partial charge in [0.15, 0.2) is 0 Å². The second-order valence-corrected chi connectivity index (χ2v) is 6.05. The van der Waals surface area contributed by atoms with Crippen molar-refractivity contribution in [3.8, 4) is 0 Å². The highest BCUT2D eigenvalue weighted by Gasteiger charge is 2.11. The molecule has 6 N–H and O–H groups in total. The van der Waals surface area contributed by atoms with Crippen molar-refractivity contribution in [1.29, 1.82) is 0 Å². The minimum atomic E-state index is -0.290. The Bertz CT molecular complexity index is 832. The van der Waals surface area contributed by atoms with Crippen molar-refractivity contribution < 1.29 is 10.3 Å². The highest BCUT2D eigenvalue weighted by molar-refractivity contribution is 6.04. The Balaban J connectivity index is 0.00000140. The molecule has 0 bridgehead atoms. The fourth-order valence-electron chi connectivity index (χ4n) is 2.96. The Kier molecular flexibility index (Phi) is 9.40. The molecule has 0 spiro atoms. The van der Waals surface area contributed by atoms with Crippen LogP contribution in [0.2, 0.25) is 0 Å². The van der Waals surface area contributed by atoms with Crippen molar-refractivity contribution in [2.45, 2.75) is 0 Å². The Morgan fingerprint density at radius 2 is 1.24 bits per heavy atom. The summed E-state index contributed by atoms with van der Waals surface area (Å²) in [5.41, 5.74) is 3.36. The number of anilines is 2. The number of urea groups is 1. The van der Waals surface area contributed by atoms with Crippen molar-refractivity contribution in [2.75, 3.05) is 36.8 Å². The van der Waals surface area contributed by atoms with Gasteiger partial charge in [0.2, 0.25) is 0 Å². The molecule has 156 valence electrons. The molecule has 0 unspecified atom stereocenters. The normalized spacial score (nSPS) is 13.9. The van der Waals surface area contributed by atoms with E-state index >= 15 is 0 Å². The fraction of sp³-hybridized carbons (Fsp3) is 0.211. The molecular weight excluding hydrogens is 415 g/mol. The van der Waals surface area contributed by atoms with Gasteiger partial charge in [0.25, 0.3) is 0 Å². The summed E-state index contributed by atoms with van der Waals surface area (Å²) in [7, 11) is 0. The van der Waals surface area contributed by atoms with Crippen LogP contribution in [0, 0.1) is 0 Å². The smallest absolute Gasteiger partial charge is 0.323 e. The number of carbonyl (C=O) groups excluding carboxylic acids is 1. The largest absolute Gasteiger partial charge is 0.412 e. The molecule has 29 heavy (non-hydrogen) atoms. The van der Waals surface area contributed by atoms with Crippen LogP contribution < -0.4 is 21.3 Å². The minimum absolute atomic E-state index is 0. The van der Waals surface area contributed by atoms with Gasteiger partial charge in [0.05, 0.1) is 13.1 Å². The predicted molar refractivity (Wildman–Crippen MR) is 122 cm³/mol. The summed E-state index contributed by atoms with van der Waals surface area (Å²) in [5, 5.41) is 12.2. The SMILES string of the molecule is Cl.Cl.O.O=C(Nc1cccc(C2=NCCN2)c1)Nc1cccc(C2=NCCN2)c1. The first-order valence-corrected chi connectivity index (χ1v) is 8.63. The van der Waals surface area contributed by atoms with Crippen LogP contribution in [0.25, 0.3) is 0 Å². The molecule has 2 heterocycles. The first-order chi connectivity index (χ1) is 12.8. The third-order valence-corrected chi connectivity index (χ3v) is 4.14. The molecule has 2 aromatic rings. The third-order valence-electron chi connectivity index (χ3n) is 4.14. The molecule has 2 aromatic carbocycles. The van der Waals surface area contributed by atoms with Gasteiger partial charge in [-0.3, -0.25) is 9.98 Å². The molecule has 0 aromatic heterocycles.